The van der Waals surface area contributed by atoms with Crippen molar-refractivity contribution < 1.29 is 9.90 Å². The van der Waals surface area contributed by atoms with Crippen LogP contribution >= 0.6 is 0 Å². The Morgan fingerprint density at radius 2 is 2.19 bits per heavy atom. The van der Waals surface area contributed by atoms with E-state index in [-0.39, 0.29) is 5.91 Å². The molecule has 0 aromatic carbocycles. The van der Waals surface area contributed by atoms with Crippen LogP contribution in [0, 0.1) is 6.92 Å². The molecule has 0 aliphatic rings. The van der Waals surface area contributed by atoms with Crippen LogP contribution in [0.1, 0.15) is 29.9 Å². The molecule has 0 spiro atoms. The average molecular weight is 222 g/mol. The van der Waals surface area contributed by atoms with Crippen LogP contribution in [0.4, 0.5) is 0 Å². The minimum absolute atomic E-state index is 0.118. The summed E-state index contributed by atoms with van der Waals surface area (Å²) in [4.78, 5) is 17.6. The lowest BCUT2D eigenvalue weighted by atomic mass is 10.1. The van der Waals surface area contributed by atoms with E-state index in [1.54, 1.807) is 46.1 Å². The molecule has 1 amide bonds. The zero-order valence-corrected chi connectivity index (χ0v) is 10.2. The maximum absolute atomic E-state index is 12.0. The Kier molecular flexibility index (Phi) is 3.65. The van der Waals surface area contributed by atoms with E-state index in [1.165, 1.54) is 4.90 Å². The SMILES string of the molecule is Cc1ncccc1C(=O)N(C)CC(C)(C)O. The van der Waals surface area contributed by atoms with E-state index in [2.05, 4.69) is 4.98 Å². The highest BCUT2D eigenvalue weighted by atomic mass is 16.3. The molecule has 1 rings (SSSR count). The Labute approximate surface area is 95.9 Å². The Hall–Kier alpha value is -1.42. The van der Waals surface area contributed by atoms with Crippen molar-refractivity contribution in [1.82, 2.24) is 9.88 Å². The van der Waals surface area contributed by atoms with Gasteiger partial charge in [0, 0.05) is 25.5 Å². The summed E-state index contributed by atoms with van der Waals surface area (Å²) in [7, 11) is 1.67. The van der Waals surface area contributed by atoms with Crippen molar-refractivity contribution in [2.45, 2.75) is 26.4 Å². The molecule has 16 heavy (non-hydrogen) atoms. The zero-order valence-electron chi connectivity index (χ0n) is 10.2. The number of aryl methyl sites for hydroxylation is 1. The lowest BCUT2D eigenvalue weighted by molar-refractivity contribution is 0.0367. The summed E-state index contributed by atoms with van der Waals surface area (Å²) < 4.78 is 0. The average Bonchev–Trinajstić information content (AvgIpc) is 2.15. The summed E-state index contributed by atoms with van der Waals surface area (Å²) >= 11 is 0. The van der Waals surface area contributed by atoms with Gasteiger partial charge in [-0.2, -0.15) is 0 Å². The van der Waals surface area contributed by atoms with Gasteiger partial charge in [-0.25, -0.2) is 0 Å². The molecule has 1 heterocycles. The Balaban J connectivity index is 2.83. The normalized spacial score (nSPS) is 11.3. The van der Waals surface area contributed by atoms with Gasteiger partial charge in [0.25, 0.3) is 5.91 Å². The first-order valence-corrected chi connectivity index (χ1v) is 5.21. The van der Waals surface area contributed by atoms with Gasteiger partial charge in [-0.3, -0.25) is 9.78 Å². The summed E-state index contributed by atoms with van der Waals surface area (Å²) in [6.07, 6.45) is 1.65. The van der Waals surface area contributed by atoms with Crippen LogP contribution in [-0.2, 0) is 0 Å². The van der Waals surface area contributed by atoms with E-state index in [0.29, 0.717) is 17.8 Å². The van der Waals surface area contributed by atoms with Gasteiger partial charge in [0.1, 0.15) is 0 Å². The molecule has 4 nitrogen and oxygen atoms in total. The zero-order chi connectivity index (χ0) is 12.3. The van der Waals surface area contributed by atoms with Crippen molar-refractivity contribution in [2.75, 3.05) is 13.6 Å². The minimum Gasteiger partial charge on any atom is -0.389 e. The van der Waals surface area contributed by atoms with Crippen molar-refractivity contribution in [3.05, 3.63) is 29.6 Å². The molecule has 1 aromatic heterocycles. The summed E-state index contributed by atoms with van der Waals surface area (Å²) in [6, 6.07) is 3.48. The Bertz CT molecular complexity index is 383. The van der Waals surface area contributed by atoms with E-state index in [4.69, 9.17) is 0 Å². The maximum Gasteiger partial charge on any atom is 0.255 e. The molecule has 1 aromatic rings. The van der Waals surface area contributed by atoms with Crippen LogP contribution in [0.2, 0.25) is 0 Å². The predicted octanol–water partition coefficient (Wildman–Crippen LogP) is 1.23. The fourth-order valence-electron chi connectivity index (χ4n) is 1.57. The highest BCUT2D eigenvalue weighted by Crippen LogP contribution is 2.10. The summed E-state index contributed by atoms with van der Waals surface area (Å²) in [5.41, 5.74) is 0.393. The first kappa shape index (κ1) is 12.6. The van der Waals surface area contributed by atoms with E-state index in [9.17, 15) is 9.90 Å². The molecular weight excluding hydrogens is 204 g/mol. The number of nitrogens with zero attached hydrogens (tertiary/aromatic N) is 2. The van der Waals surface area contributed by atoms with Gasteiger partial charge < -0.3 is 10.0 Å². The number of hydrogen-bond donors (Lipinski definition) is 1. The van der Waals surface area contributed by atoms with Crippen LogP contribution in [-0.4, -0.2) is 40.1 Å². The van der Waals surface area contributed by atoms with Crippen LogP contribution in [0.25, 0.3) is 0 Å². The van der Waals surface area contributed by atoms with Gasteiger partial charge in [0.2, 0.25) is 0 Å². The first-order chi connectivity index (χ1) is 7.31. The van der Waals surface area contributed by atoms with E-state index in [0.717, 1.165) is 0 Å². The number of aliphatic hydroxyl groups is 1. The van der Waals surface area contributed by atoms with Gasteiger partial charge in [0.05, 0.1) is 11.2 Å². The summed E-state index contributed by atoms with van der Waals surface area (Å²) in [5.74, 6) is -0.118. The molecule has 0 aliphatic heterocycles. The smallest absolute Gasteiger partial charge is 0.255 e. The van der Waals surface area contributed by atoms with Crippen LogP contribution in [0.3, 0.4) is 0 Å². The number of hydrogen-bond acceptors (Lipinski definition) is 3. The van der Waals surface area contributed by atoms with Gasteiger partial charge >= 0.3 is 0 Å². The lowest BCUT2D eigenvalue weighted by Gasteiger charge is -2.25. The monoisotopic (exact) mass is 222 g/mol. The van der Waals surface area contributed by atoms with Crippen molar-refractivity contribution in [3.63, 3.8) is 0 Å². The quantitative estimate of drug-likeness (QED) is 0.837. The number of likely N-dealkylation sites (N-methyl/N-ethyl adjacent to an activating group) is 1. The van der Waals surface area contributed by atoms with Gasteiger partial charge in [-0.1, -0.05) is 0 Å². The van der Waals surface area contributed by atoms with Crippen LogP contribution in [0.15, 0.2) is 18.3 Å². The first-order valence-electron chi connectivity index (χ1n) is 5.21. The topological polar surface area (TPSA) is 53.4 Å². The number of carbonyl (C=O) groups excluding carboxylic acids is 1. The van der Waals surface area contributed by atoms with Crippen molar-refractivity contribution in [2.24, 2.45) is 0 Å². The maximum atomic E-state index is 12.0. The molecule has 0 saturated heterocycles. The number of aromatic nitrogens is 1. The summed E-state index contributed by atoms with van der Waals surface area (Å²) in [5, 5.41) is 9.64. The van der Waals surface area contributed by atoms with Crippen molar-refractivity contribution in [3.8, 4) is 0 Å². The second-order valence-electron chi connectivity index (χ2n) is 4.61. The van der Waals surface area contributed by atoms with Gasteiger partial charge in [-0.15, -0.1) is 0 Å². The fraction of sp³-hybridized carbons (Fsp3) is 0.500. The second-order valence-corrected chi connectivity index (χ2v) is 4.61. The molecule has 0 bridgehead atoms. The molecule has 0 fully saturated rings. The lowest BCUT2D eigenvalue weighted by Crippen LogP contribution is -2.40. The third kappa shape index (κ3) is 3.31. The molecule has 0 atom stereocenters. The second kappa shape index (κ2) is 4.61. The molecule has 0 radical (unpaired) electrons. The molecule has 4 heteroatoms. The van der Waals surface area contributed by atoms with Crippen molar-refractivity contribution >= 4 is 5.91 Å². The number of pyridine rings is 1. The molecule has 1 N–H and O–H groups in total. The molecule has 0 unspecified atom stereocenters. The van der Waals surface area contributed by atoms with E-state index in [1.807, 2.05) is 0 Å². The van der Waals surface area contributed by atoms with Gasteiger partial charge in [-0.05, 0) is 32.9 Å². The number of amides is 1. The third-order valence-electron chi connectivity index (χ3n) is 2.21. The van der Waals surface area contributed by atoms with E-state index >= 15 is 0 Å². The molecular formula is C12H18N2O2. The minimum atomic E-state index is -0.888. The standard InChI is InChI=1S/C12H18N2O2/c1-9-10(6-5-7-13-9)11(15)14(4)8-12(2,3)16/h5-7,16H,8H2,1-4H3. The number of rotatable bonds is 3. The molecule has 0 aliphatic carbocycles. The Morgan fingerprint density at radius 1 is 1.56 bits per heavy atom. The third-order valence-corrected chi connectivity index (χ3v) is 2.21. The van der Waals surface area contributed by atoms with Crippen LogP contribution < -0.4 is 0 Å². The molecule has 88 valence electrons. The van der Waals surface area contributed by atoms with E-state index < -0.39 is 5.60 Å². The highest BCUT2D eigenvalue weighted by molar-refractivity contribution is 5.95. The number of carbonyl (C=O) groups is 1. The summed E-state index contributed by atoms with van der Waals surface area (Å²) in [6.45, 7) is 5.44. The predicted molar refractivity (Wildman–Crippen MR) is 62.2 cm³/mol. The highest BCUT2D eigenvalue weighted by Gasteiger charge is 2.21. The van der Waals surface area contributed by atoms with Crippen LogP contribution in [0.5, 0.6) is 0 Å². The van der Waals surface area contributed by atoms with Gasteiger partial charge in [0.15, 0.2) is 0 Å². The largest absolute Gasteiger partial charge is 0.389 e. The fourth-order valence-corrected chi connectivity index (χ4v) is 1.57. The Morgan fingerprint density at radius 3 is 2.69 bits per heavy atom. The van der Waals surface area contributed by atoms with Crippen molar-refractivity contribution in [1.29, 1.82) is 0 Å². The molecule has 0 saturated carbocycles.